The van der Waals surface area contributed by atoms with Crippen LogP contribution in [-0.4, -0.2) is 35.0 Å². The first kappa shape index (κ1) is 25.6. The monoisotopic (exact) mass is 502 g/mol. The fourth-order valence-electron chi connectivity index (χ4n) is 4.84. The van der Waals surface area contributed by atoms with Gasteiger partial charge in [-0.05, 0) is 47.9 Å². The number of halogens is 1. The molecule has 36 heavy (non-hydrogen) atoms. The number of rotatable bonds is 8. The topological polar surface area (TPSA) is 69.6 Å². The normalized spacial score (nSPS) is 23.0. The van der Waals surface area contributed by atoms with Crippen LogP contribution in [0.5, 0.6) is 0 Å². The highest BCUT2D eigenvalue weighted by Gasteiger charge is 2.34. The van der Waals surface area contributed by atoms with Gasteiger partial charge in [-0.3, -0.25) is 4.79 Å². The van der Waals surface area contributed by atoms with E-state index in [0.29, 0.717) is 43.4 Å². The summed E-state index contributed by atoms with van der Waals surface area (Å²) in [5.41, 5.74) is 3.90. The molecule has 1 heterocycles. The summed E-state index contributed by atoms with van der Waals surface area (Å²) in [5.74, 6) is 2.18. The lowest BCUT2D eigenvalue weighted by Gasteiger charge is -2.29. The van der Waals surface area contributed by atoms with Crippen LogP contribution in [0.4, 0.5) is 0 Å². The van der Waals surface area contributed by atoms with Gasteiger partial charge >= 0.3 is 5.97 Å². The summed E-state index contributed by atoms with van der Waals surface area (Å²) in [6.07, 6.45) is 19.3. The molecular weight excluding hydrogens is 472 g/mol. The Morgan fingerprint density at radius 1 is 1.17 bits per heavy atom. The molecule has 0 spiro atoms. The average Bonchev–Trinajstić information content (AvgIpc) is 3.29. The van der Waals surface area contributed by atoms with E-state index in [4.69, 9.17) is 18.0 Å². The Morgan fingerprint density at radius 3 is 2.56 bits per heavy atom. The van der Waals surface area contributed by atoms with Crippen molar-refractivity contribution in [1.29, 1.82) is 0 Å². The fourth-order valence-corrected chi connectivity index (χ4v) is 4.96. The molecule has 1 aliphatic heterocycles. The Bertz CT molecular complexity index is 1210. The third-order valence-electron chi connectivity index (χ3n) is 6.86. The Kier molecular flexibility index (Phi) is 8.18. The van der Waals surface area contributed by atoms with Gasteiger partial charge in [-0.1, -0.05) is 67.1 Å². The Hall–Kier alpha value is -3.49. The Morgan fingerprint density at radius 2 is 1.94 bits per heavy atom. The molecule has 2 N–H and O–H groups in total. The molecule has 0 saturated heterocycles. The van der Waals surface area contributed by atoms with E-state index in [9.17, 15) is 14.7 Å². The van der Waals surface area contributed by atoms with Crippen molar-refractivity contribution in [2.45, 2.75) is 32.7 Å². The van der Waals surface area contributed by atoms with Crippen LogP contribution in [0.15, 0.2) is 83.1 Å². The molecule has 3 aliphatic rings. The summed E-state index contributed by atoms with van der Waals surface area (Å²) in [5, 5.41) is 13.4. The fraction of sp³-hybridized carbons (Fsp3) is 0.333. The number of nitrogens with zero attached hydrogens (tertiary/aromatic N) is 1. The summed E-state index contributed by atoms with van der Waals surface area (Å²) < 4.78 is 0. The van der Waals surface area contributed by atoms with Crippen LogP contribution in [0.25, 0.3) is 0 Å². The lowest BCUT2D eigenvalue weighted by atomic mass is 9.90. The zero-order valence-electron chi connectivity index (χ0n) is 20.4. The smallest absolute Gasteiger partial charge is 0.335 e. The molecule has 3 atom stereocenters. The Labute approximate surface area is 217 Å². The van der Waals surface area contributed by atoms with Crippen molar-refractivity contribution in [3.63, 3.8) is 0 Å². The molecule has 2 aliphatic carbocycles. The molecule has 1 aromatic rings. The van der Waals surface area contributed by atoms with Gasteiger partial charge < -0.3 is 15.3 Å². The number of amides is 1. The predicted octanol–water partition coefficient (Wildman–Crippen LogP) is 5.27. The minimum absolute atomic E-state index is 0.0171. The van der Waals surface area contributed by atoms with Crippen LogP contribution in [0.1, 0.15) is 31.7 Å². The van der Waals surface area contributed by atoms with Crippen LogP contribution in [0, 0.1) is 30.1 Å². The van der Waals surface area contributed by atoms with Gasteiger partial charge in [-0.15, -0.1) is 12.3 Å². The third kappa shape index (κ3) is 6.01. The molecule has 0 fully saturated rings. The lowest BCUT2D eigenvalue weighted by molar-refractivity contribution is -0.132. The third-order valence-corrected chi connectivity index (χ3v) is 7.12. The van der Waals surface area contributed by atoms with Crippen molar-refractivity contribution in [2.24, 2.45) is 17.8 Å². The van der Waals surface area contributed by atoms with E-state index >= 15 is 0 Å². The van der Waals surface area contributed by atoms with E-state index in [1.165, 1.54) is 0 Å². The number of nitrogens with one attached hydrogen (secondary N) is 1. The first-order chi connectivity index (χ1) is 17.4. The van der Waals surface area contributed by atoms with Gasteiger partial charge in [-0.2, -0.15) is 0 Å². The predicted molar refractivity (Wildman–Crippen MR) is 143 cm³/mol. The van der Waals surface area contributed by atoms with Crippen molar-refractivity contribution in [2.75, 3.05) is 13.1 Å². The summed E-state index contributed by atoms with van der Waals surface area (Å²) in [6.45, 7) is 3.68. The minimum Gasteiger partial charge on any atom is -0.478 e. The van der Waals surface area contributed by atoms with Crippen LogP contribution < -0.4 is 5.32 Å². The van der Waals surface area contributed by atoms with Crippen molar-refractivity contribution in [3.8, 4) is 12.3 Å². The zero-order valence-corrected chi connectivity index (χ0v) is 21.2. The van der Waals surface area contributed by atoms with Crippen LogP contribution in [-0.2, 0) is 16.1 Å². The van der Waals surface area contributed by atoms with Gasteiger partial charge in [0, 0.05) is 42.6 Å². The van der Waals surface area contributed by atoms with E-state index in [1.54, 1.807) is 12.2 Å². The molecule has 1 aromatic carbocycles. The number of hydrogen-bond acceptors (Lipinski definition) is 3. The van der Waals surface area contributed by atoms with Crippen LogP contribution in [0.2, 0.25) is 5.02 Å². The second-order valence-electron chi connectivity index (χ2n) is 9.64. The van der Waals surface area contributed by atoms with E-state index < -0.39 is 5.97 Å². The highest BCUT2D eigenvalue weighted by atomic mass is 35.5. The van der Waals surface area contributed by atoms with Crippen molar-refractivity contribution in [1.82, 2.24) is 10.2 Å². The van der Waals surface area contributed by atoms with E-state index in [1.807, 2.05) is 35.2 Å². The molecule has 4 rings (SSSR count). The van der Waals surface area contributed by atoms with Gasteiger partial charge in [0.15, 0.2) is 0 Å². The molecular formula is C30H31ClN2O3. The largest absolute Gasteiger partial charge is 0.478 e. The number of carboxylic acids is 1. The summed E-state index contributed by atoms with van der Waals surface area (Å²) >= 11 is 6.09. The first-order valence-electron chi connectivity index (χ1n) is 12.3. The molecule has 0 saturated carbocycles. The second-order valence-corrected chi connectivity index (χ2v) is 10.1. The molecule has 0 radical (unpaired) electrons. The van der Waals surface area contributed by atoms with E-state index in [2.05, 4.69) is 36.4 Å². The molecule has 0 bridgehead atoms. The number of allylic oxidation sites excluding steroid dienone is 4. The van der Waals surface area contributed by atoms with Crippen molar-refractivity contribution in [3.05, 3.63) is 93.7 Å². The summed E-state index contributed by atoms with van der Waals surface area (Å²) in [6, 6.07) is 7.50. The number of carbonyl (C=O) groups is 2. The Balaban J connectivity index is 1.66. The van der Waals surface area contributed by atoms with E-state index in [-0.39, 0.29) is 23.3 Å². The number of aliphatic carboxylic acids is 1. The summed E-state index contributed by atoms with van der Waals surface area (Å²) in [4.78, 5) is 27.4. The standard InChI is InChI=1S/C30H31ClN2O3/c1-3-4-25-17-32-28(23-11-5-20(2)6-12-23)27(25)29(34)33(19-22-9-15-26(31)16-10-22)18-21-7-13-24(14-8-21)30(35)36/h1,5,7,9-16,20-21,25,32H,4,6,8,17-19H2,2H3,(H,35,36). The van der Waals surface area contributed by atoms with E-state index in [0.717, 1.165) is 28.8 Å². The molecule has 0 aromatic heterocycles. The quantitative estimate of drug-likeness (QED) is 0.475. The maximum Gasteiger partial charge on any atom is 0.335 e. The van der Waals surface area contributed by atoms with Gasteiger partial charge in [0.1, 0.15) is 0 Å². The maximum absolute atomic E-state index is 14.2. The van der Waals surface area contributed by atoms with Crippen molar-refractivity contribution < 1.29 is 14.7 Å². The van der Waals surface area contributed by atoms with Gasteiger partial charge in [-0.25, -0.2) is 4.79 Å². The summed E-state index contributed by atoms with van der Waals surface area (Å²) in [7, 11) is 0. The van der Waals surface area contributed by atoms with Gasteiger partial charge in [0.2, 0.25) is 0 Å². The average molecular weight is 503 g/mol. The zero-order chi connectivity index (χ0) is 25.7. The first-order valence-corrected chi connectivity index (χ1v) is 12.7. The SMILES string of the molecule is C#CCC1CNC(C2=CCC(C)C=C2)=C1C(=O)N(Cc1ccc(Cl)cc1)CC1C=CC(C(=O)O)=CC1. The van der Waals surface area contributed by atoms with Crippen LogP contribution in [0.3, 0.4) is 0 Å². The molecule has 6 heteroatoms. The second kappa shape index (κ2) is 11.5. The van der Waals surface area contributed by atoms with Crippen molar-refractivity contribution >= 4 is 23.5 Å². The number of hydrogen-bond donors (Lipinski definition) is 2. The minimum atomic E-state index is -0.939. The highest BCUT2D eigenvalue weighted by molar-refractivity contribution is 6.30. The number of carbonyl (C=O) groups excluding carboxylic acids is 1. The number of terminal acetylenes is 1. The van der Waals surface area contributed by atoms with Gasteiger partial charge in [0.05, 0.1) is 11.3 Å². The van der Waals surface area contributed by atoms with Gasteiger partial charge in [0.25, 0.3) is 5.91 Å². The molecule has 3 unspecified atom stereocenters. The van der Waals surface area contributed by atoms with Crippen LogP contribution >= 0.6 is 11.6 Å². The number of benzene rings is 1. The molecule has 186 valence electrons. The maximum atomic E-state index is 14.2. The lowest BCUT2D eigenvalue weighted by Crippen LogP contribution is -2.37. The highest BCUT2D eigenvalue weighted by Crippen LogP contribution is 2.33. The number of carboxylic acid groups (broad SMARTS) is 1. The molecule has 1 amide bonds. The molecule has 5 nitrogen and oxygen atoms in total.